The number of carbonyl (C=O) groups is 1. The van der Waals surface area contributed by atoms with Gasteiger partial charge in [0.15, 0.2) is 0 Å². The molecule has 3 rings (SSSR count). The highest BCUT2D eigenvalue weighted by Crippen LogP contribution is 2.41. The average molecular weight is 550 g/mol. The number of methoxy groups -OCH3 is 2. The summed E-state index contributed by atoms with van der Waals surface area (Å²) < 4.78 is 23.3. The largest absolute Gasteiger partial charge is 0.497 e. The maximum absolute atomic E-state index is 12.5. The molecule has 40 heavy (non-hydrogen) atoms. The fraction of sp³-hybridized carbons (Fsp3) is 0.424. The number of benzene rings is 3. The summed E-state index contributed by atoms with van der Waals surface area (Å²) in [6.07, 6.45) is 1.25. The van der Waals surface area contributed by atoms with Gasteiger partial charge in [0.1, 0.15) is 22.7 Å². The Morgan fingerprint density at radius 3 is 1.73 bits per heavy atom. The van der Waals surface area contributed by atoms with Crippen molar-refractivity contribution in [1.29, 1.82) is 0 Å². The Labute approximate surface area is 238 Å². The lowest BCUT2D eigenvalue weighted by Crippen LogP contribution is -2.37. The van der Waals surface area contributed by atoms with Gasteiger partial charge in [-0.15, -0.1) is 0 Å². The summed E-state index contributed by atoms with van der Waals surface area (Å²) in [6, 6.07) is 26.1. The van der Waals surface area contributed by atoms with Crippen LogP contribution in [-0.2, 0) is 19.9 Å². The molecule has 0 aliphatic heterocycles. The van der Waals surface area contributed by atoms with E-state index >= 15 is 0 Å². The Balaban J connectivity index is 1.90. The summed E-state index contributed by atoms with van der Waals surface area (Å²) in [4.78, 5) is 14.5. The zero-order valence-electron chi connectivity index (χ0n) is 24.4. The van der Waals surface area contributed by atoms with Crippen molar-refractivity contribution in [3.8, 4) is 11.5 Å². The molecule has 0 fully saturated rings. The maximum Gasteiger partial charge on any atom is 0.320 e. The van der Waals surface area contributed by atoms with E-state index in [9.17, 15) is 9.90 Å². The topological polar surface area (TPSA) is 77.5 Å². The molecule has 7 heteroatoms. The number of aliphatic hydroxyl groups is 1. The van der Waals surface area contributed by atoms with Crippen LogP contribution >= 0.6 is 0 Å². The molecule has 3 aromatic carbocycles. The highest BCUT2D eigenvalue weighted by Gasteiger charge is 2.37. The van der Waals surface area contributed by atoms with Crippen LogP contribution in [0.15, 0.2) is 78.9 Å². The summed E-state index contributed by atoms with van der Waals surface area (Å²) in [6.45, 7) is 7.45. The van der Waals surface area contributed by atoms with E-state index < -0.39 is 11.2 Å². The first-order chi connectivity index (χ1) is 19.2. The number of esters is 1. The number of nitrogens with zero attached hydrogens (tertiary/aromatic N) is 1. The van der Waals surface area contributed by atoms with Crippen molar-refractivity contribution in [2.75, 3.05) is 47.1 Å². The molecule has 0 radical (unpaired) electrons. The Kier molecular flexibility index (Phi) is 11.6. The maximum atomic E-state index is 12.5. The van der Waals surface area contributed by atoms with Gasteiger partial charge >= 0.3 is 5.97 Å². The molecule has 0 atom stereocenters. The molecule has 0 amide bonds. The van der Waals surface area contributed by atoms with Crippen molar-refractivity contribution in [3.63, 3.8) is 0 Å². The minimum absolute atomic E-state index is 0.0629. The van der Waals surface area contributed by atoms with Crippen LogP contribution < -0.4 is 9.47 Å². The molecule has 0 aliphatic carbocycles. The summed E-state index contributed by atoms with van der Waals surface area (Å²) >= 11 is 0. The lowest BCUT2D eigenvalue weighted by molar-refractivity contribution is -0.156. The Morgan fingerprint density at radius 1 is 0.750 bits per heavy atom. The van der Waals surface area contributed by atoms with Crippen LogP contribution in [0.2, 0.25) is 0 Å². The van der Waals surface area contributed by atoms with Gasteiger partial charge in [0.25, 0.3) is 0 Å². The molecule has 0 saturated carbocycles. The first-order valence-electron chi connectivity index (χ1n) is 13.8. The molecule has 7 nitrogen and oxygen atoms in total. The fourth-order valence-corrected chi connectivity index (χ4v) is 4.71. The van der Waals surface area contributed by atoms with Crippen LogP contribution in [0, 0.1) is 0 Å². The highest BCUT2D eigenvalue weighted by atomic mass is 16.6. The number of ether oxygens (including phenoxy) is 4. The van der Waals surface area contributed by atoms with Crippen molar-refractivity contribution in [3.05, 3.63) is 95.6 Å². The third-order valence-corrected chi connectivity index (χ3v) is 6.52. The molecule has 0 bridgehead atoms. The summed E-state index contributed by atoms with van der Waals surface area (Å²) in [7, 11) is 3.30. The van der Waals surface area contributed by atoms with Crippen LogP contribution in [-0.4, -0.2) is 68.6 Å². The quantitative estimate of drug-likeness (QED) is 0.154. The lowest BCUT2D eigenvalue weighted by atomic mass is 9.80. The second kappa shape index (κ2) is 14.8. The molecular weight excluding hydrogens is 506 g/mol. The van der Waals surface area contributed by atoms with Gasteiger partial charge in [0.2, 0.25) is 0 Å². The summed E-state index contributed by atoms with van der Waals surface area (Å²) in [5.41, 5.74) is 1.50. The zero-order chi connectivity index (χ0) is 29.0. The Morgan fingerprint density at radius 2 is 1.25 bits per heavy atom. The number of hydrogen-bond acceptors (Lipinski definition) is 7. The SMILES string of the molecule is COc1ccc(C(OCCCN(CCCO)CC(=O)OC(C)(C)C)(c2ccccc2)c2ccc(OC)cc2)cc1. The van der Waals surface area contributed by atoms with Gasteiger partial charge in [-0.1, -0.05) is 54.6 Å². The molecule has 0 aliphatic rings. The van der Waals surface area contributed by atoms with Gasteiger partial charge in [-0.25, -0.2) is 0 Å². The zero-order valence-corrected chi connectivity index (χ0v) is 24.4. The van der Waals surface area contributed by atoms with Gasteiger partial charge in [0, 0.05) is 26.3 Å². The molecule has 0 unspecified atom stereocenters. The van der Waals surface area contributed by atoms with Gasteiger partial charge in [-0.3, -0.25) is 9.69 Å². The normalized spacial score (nSPS) is 11.9. The minimum atomic E-state index is -0.888. The standard InChI is InChI=1S/C33H43NO6/c1-32(2,3)40-31(36)25-34(21-9-23-35)22-10-24-39-33(26-11-7-6-8-12-26,27-13-17-29(37-4)18-14-27)28-15-19-30(38-5)20-16-28/h6-8,11-20,35H,9-10,21-25H2,1-5H3. The predicted molar refractivity (Wildman–Crippen MR) is 157 cm³/mol. The number of carbonyl (C=O) groups excluding carboxylic acids is 1. The first kappa shape index (κ1) is 31.1. The number of rotatable bonds is 15. The van der Waals surface area contributed by atoms with Crippen molar-refractivity contribution in [2.24, 2.45) is 0 Å². The minimum Gasteiger partial charge on any atom is -0.497 e. The second-order valence-corrected chi connectivity index (χ2v) is 10.6. The predicted octanol–water partition coefficient (Wildman–Crippen LogP) is 5.43. The molecule has 0 spiro atoms. The average Bonchev–Trinajstić information content (AvgIpc) is 2.95. The summed E-state index contributed by atoms with van der Waals surface area (Å²) in [5, 5.41) is 9.38. The second-order valence-electron chi connectivity index (χ2n) is 10.6. The molecule has 0 saturated heterocycles. The van der Waals surface area contributed by atoms with Crippen molar-refractivity contribution >= 4 is 5.97 Å². The third-order valence-electron chi connectivity index (χ3n) is 6.52. The van der Waals surface area contributed by atoms with E-state index in [1.165, 1.54) is 0 Å². The first-order valence-corrected chi connectivity index (χ1v) is 13.8. The van der Waals surface area contributed by atoms with Crippen molar-refractivity contribution in [1.82, 2.24) is 4.90 Å². The summed E-state index contributed by atoms with van der Waals surface area (Å²) in [5.74, 6) is 1.26. The molecular formula is C33H43NO6. The monoisotopic (exact) mass is 549 g/mol. The number of aliphatic hydroxyl groups excluding tert-OH is 1. The third kappa shape index (κ3) is 8.55. The van der Waals surface area contributed by atoms with E-state index in [2.05, 4.69) is 12.1 Å². The van der Waals surface area contributed by atoms with Crippen LogP contribution in [0.3, 0.4) is 0 Å². The molecule has 0 aromatic heterocycles. The van der Waals surface area contributed by atoms with Gasteiger partial charge < -0.3 is 24.1 Å². The smallest absolute Gasteiger partial charge is 0.320 e. The van der Waals surface area contributed by atoms with Crippen molar-refractivity contribution < 1.29 is 28.8 Å². The van der Waals surface area contributed by atoms with E-state index in [1.54, 1.807) is 14.2 Å². The van der Waals surface area contributed by atoms with E-state index in [0.29, 0.717) is 32.5 Å². The Hall–Kier alpha value is -3.39. The van der Waals surface area contributed by atoms with Crippen LogP contribution in [0.1, 0.15) is 50.3 Å². The fourth-order valence-electron chi connectivity index (χ4n) is 4.71. The van der Waals surface area contributed by atoms with Crippen molar-refractivity contribution in [2.45, 2.75) is 44.8 Å². The molecule has 3 aromatic rings. The molecule has 0 heterocycles. The molecule has 1 N–H and O–H groups in total. The van der Waals surface area contributed by atoms with Crippen LogP contribution in [0.25, 0.3) is 0 Å². The molecule has 216 valence electrons. The van der Waals surface area contributed by atoms with Crippen LogP contribution in [0.4, 0.5) is 0 Å². The van der Waals surface area contributed by atoms with E-state index in [4.69, 9.17) is 18.9 Å². The van der Waals surface area contributed by atoms with Gasteiger partial charge in [0.05, 0.1) is 20.8 Å². The van der Waals surface area contributed by atoms with E-state index in [1.807, 2.05) is 92.4 Å². The van der Waals surface area contributed by atoms with E-state index in [0.717, 1.165) is 28.2 Å². The number of hydrogen-bond donors (Lipinski definition) is 1. The Bertz CT molecular complexity index is 1110. The highest BCUT2D eigenvalue weighted by molar-refractivity contribution is 5.72. The van der Waals surface area contributed by atoms with Crippen LogP contribution in [0.5, 0.6) is 11.5 Å². The van der Waals surface area contributed by atoms with Gasteiger partial charge in [-0.05, 0) is 74.6 Å². The van der Waals surface area contributed by atoms with E-state index in [-0.39, 0.29) is 19.1 Å². The van der Waals surface area contributed by atoms with Gasteiger partial charge in [-0.2, -0.15) is 0 Å². The lowest BCUT2D eigenvalue weighted by Gasteiger charge is -2.36.